The average Bonchev–Trinajstić information content (AvgIpc) is 3.27. The van der Waals surface area contributed by atoms with Crippen molar-refractivity contribution in [2.75, 3.05) is 25.1 Å². The highest BCUT2D eigenvalue weighted by molar-refractivity contribution is 5.66. The van der Waals surface area contributed by atoms with Gasteiger partial charge in [-0.3, -0.25) is 4.79 Å². The Balaban J connectivity index is 1.46. The second-order valence-electron chi connectivity index (χ2n) is 8.86. The van der Waals surface area contributed by atoms with Crippen molar-refractivity contribution in [1.82, 2.24) is 4.98 Å². The highest BCUT2D eigenvalue weighted by Crippen LogP contribution is 2.47. The molecule has 1 aromatic heterocycles. The first-order valence-electron chi connectivity index (χ1n) is 10.7. The zero-order chi connectivity index (χ0) is 23.9. The summed E-state index contributed by atoms with van der Waals surface area (Å²) in [5.74, 6) is -1.78. The molecular weight excluding hydrogens is 449 g/mol. The number of hydrogen-bond donors (Lipinski definition) is 2. The van der Waals surface area contributed by atoms with Gasteiger partial charge >= 0.3 is 12.1 Å². The Kier molecular flexibility index (Phi) is 6.58. The van der Waals surface area contributed by atoms with Crippen molar-refractivity contribution in [3.8, 4) is 0 Å². The highest BCUT2D eigenvalue weighted by atomic mass is 19.4. The minimum atomic E-state index is -4.57. The molecule has 3 aliphatic rings. The Morgan fingerprint density at radius 1 is 1.27 bits per heavy atom. The summed E-state index contributed by atoms with van der Waals surface area (Å²) in [4.78, 5) is 14.3. The largest absolute Gasteiger partial charge is 0.481 e. The number of carbonyl (C=O) groups is 1. The van der Waals surface area contributed by atoms with Crippen molar-refractivity contribution in [3.63, 3.8) is 0 Å². The number of ether oxygens (including phenoxy) is 5. The maximum atomic E-state index is 13.1. The lowest BCUT2D eigenvalue weighted by molar-refractivity contribution is -0.207. The van der Waals surface area contributed by atoms with Crippen LogP contribution in [0.4, 0.5) is 19.0 Å². The van der Waals surface area contributed by atoms with Crippen LogP contribution in [0.2, 0.25) is 0 Å². The number of aliphatic carboxylic acids is 1. The molecule has 0 amide bonds. The van der Waals surface area contributed by atoms with E-state index in [4.69, 9.17) is 28.8 Å². The van der Waals surface area contributed by atoms with Crippen LogP contribution in [-0.2, 0) is 34.7 Å². The second-order valence-corrected chi connectivity index (χ2v) is 8.86. The van der Waals surface area contributed by atoms with Crippen LogP contribution in [0.15, 0.2) is 18.2 Å². The minimum absolute atomic E-state index is 0.0168. The summed E-state index contributed by atoms with van der Waals surface area (Å²) < 4.78 is 69.2. The molecule has 5 atom stereocenters. The number of rotatable bonds is 9. The van der Waals surface area contributed by atoms with Gasteiger partial charge in [-0.25, -0.2) is 4.98 Å². The Morgan fingerprint density at radius 3 is 2.79 bits per heavy atom. The number of fused-ring (bicyclic) bond motifs is 4. The zero-order valence-electron chi connectivity index (χ0n) is 18.3. The van der Waals surface area contributed by atoms with Crippen molar-refractivity contribution < 1.29 is 46.8 Å². The van der Waals surface area contributed by atoms with E-state index in [0.717, 1.165) is 6.07 Å². The van der Waals surface area contributed by atoms with Gasteiger partial charge in [0.2, 0.25) is 0 Å². The van der Waals surface area contributed by atoms with E-state index in [1.54, 1.807) is 13.8 Å². The van der Waals surface area contributed by atoms with E-state index < -0.39 is 53.8 Å². The van der Waals surface area contributed by atoms with Crippen LogP contribution in [0.1, 0.15) is 38.8 Å². The van der Waals surface area contributed by atoms with E-state index in [9.17, 15) is 18.0 Å². The van der Waals surface area contributed by atoms with E-state index >= 15 is 0 Å². The molecule has 0 saturated carbocycles. The molecule has 0 aromatic carbocycles. The van der Waals surface area contributed by atoms with Crippen molar-refractivity contribution in [2.24, 2.45) is 0 Å². The molecule has 3 fully saturated rings. The molecule has 33 heavy (non-hydrogen) atoms. The SMILES string of the molecule is CC1(C)O[C@@H]2[C@@H](Nc3cccc(C(F)(F)F)n3)[C@H]3OC[C@](COCCCCC(=O)O)(O3)[C@@H]2O1. The standard InChI is InChI=1S/C21H27F3N2O7/c1-19(2)31-16-15(26-13-7-5-6-12(25-13)21(22,23)24)18-30-11-20(33-18,17(16)32-19)10-29-9-4-3-8-14(27)28/h5-7,15-18H,3-4,8-11H2,1-2H3,(H,25,26)(H,27,28)/t15-,16-,17-,18+,20+/m1/s1. The molecule has 9 nitrogen and oxygen atoms in total. The molecule has 0 radical (unpaired) electrons. The summed E-state index contributed by atoms with van der Waals surface area (Å²) in [5, 5.41) is 11.7. The fraction of sp³-hybridized carbons (Fsp3) is 0.714. The molecule has 0 unspecified atom stereocenters. The molecule has 0 spiro atoms. The molecule has 0 aliphatic carbocycles. The molecule has 184 valence electrons. The quantitative estimate of drug-likeness (QED) is 0.520. The summed E-state index contributed by atoms with van der Waals surface area (Å²) in [6.07, 6.45) is -5.42. The van der Waals surface area contributed by atoms with Crippen LogP contribution >= 0.6 is 0 Å². The van der Waals surface area contributed by atoms with Crippen LogP contribution in [0, 0.1) is 0 Å². The number of anilines is 1. The number of nitrogens with one attached hydrogen (secondary N) is 1. The van der Waals surface area contributed by atoms with Gasteiger partial charge in [-0.1, -0.05) is 6.07 Å². The summed E-state index contributed by atoms with van der Waals surface area (Å²) in [5.41, 5.74) is -1.96. The first kappa shape index (κ1) is 24.1. The molecule has 4 heterocycles. The van der Waals surface area contributed by atoms with Gasteiger partial charge in [0, 0.05) is 13.0 Å². The summed E-state index contributed by atoms with van der Waals surface area (Å²) in [6.45, 7) is 4.15. The van der Waals surface area contributed by atoms with Crippen LogP contribution < -0.4 is 5.32 Å². The van der Waals surface area contributed by atoms with Gasteiger partial charge in [0.25, 0.3) is 0 Å². The lowest BCUT2D eigenvalue weighted by Gasteiger charge is -2.42. The first-order valence-corrected chi connectivity index (χ1v) is 10.7. The molecule has 2 N–H and O–H groups in total. The Morgan fingerprint density at radius 2 is 2.06 bits per heavy atom. The summed E-state index contributed by atoms with van der Waals surface area (Å²) >= 11 is 0. The van der Waals surface area contributed by atoms with E-state index in [2.05, 4.69) is 10.3 Å². The monoisotopic (exact) mass is 476 g/mol. The minimum Gasteiger partial charge on any atom is -0.481 e. The third kappa shape index (κ3) is 5.24. The predicted octanol–water partition coefficient (Wildman–Crippen LogP) is 2.80. The van der Waals surface area contributed by atoms with Gasteiger partial charge in [-0.15, -0.1) is 0 Å². The van der Waals surface area contributed by atoms with Crippen LogP contribution in [0.5, 0.6) is 0 Å². The fourth-order valence-electron chi connectivity index (χ4n) is 4.34. The average molecular weight is 476 g/mol. The van der Waals surface area contributed by atoms with Gasteiger partial charge in [0.1, 0.15) is 35.4 Å². The number of carboxylic acid groups (broad SMARTS) is 1. The number of halogens is 3. The highest BCUT2D eigenvalue weighted by Gasteiger charge is 2.66. The first-order chi connectivity index (χ1) is 15.5. The lowest BCUT2D eigenvalue weighted by atomic mass is 9.88. The van der Waals surface area contributed by atoms with Crippen LogP contribution in [0.25, 0.3) is 0 Å². The third-order valence-electron chi connectivity index (χ3n) is 5.77. The number of pyridine rings is 1. The number of alkyl halides is 3. The van der Waals surface area contributed by atoms with E-state index in [1.807, 2.05) is 0 Å². The number of unbranched alkanes of at least 4 members (excludes halogenated alkanes) is 1. The van der Waals surface area contributed by atoms with Crippen LogP contribution in [0.3, 0.4) is 0 Å². The maximum Gasteiger partial charge on any atom is 0.433 e. The molecular formula is C21H27F3N2O7. The predicted molar refractivity (Wildman–Crippen MR) is 106 cm³/mol. The Bertz CT molecular complexity index is 869. The summed E-state index contributed by atoms with van der Waals surface area (Å²) in [6, 6.07) is 2.93. The normalized spacial score (nSPS) is 32.5. The molecule has 2 bridgehead atoms. The topological polar surface area (TPSA) is 108 Å². The van der Waals surface area contributed by atoms with Crippen molar-refractivity contribution in [3.05, 3.63) is 23.9 Å². The zero-order valence-corrected chi connectivity index (χ0v) is 18.3. The van der Waals surface area contributed by atoms with Gasteiger partial charge < -0.3 is 34.1 Å². The smallest absolute Gasteiger partial charge is 0.433 e. The Labute approximate surface area is 188 Å². The van der Waals surface area contributed by atoms with Crippen molar-refractivity contribution >= 4 is 11.8 Å². The van der Waals surface area contributed by atoms with Crippen molar-refractivity contribution in [2.45, 2.75) is 75.2 Å². The van der Waals surface area contributed by atoms with Gasteiger partial charge in [-0.2, -0.15) is 13.2 Å². The van der Waals surface area contributed by atoms with Gasteiger partial charge in [-0.05, 0) is 38.8 Å². The number of hydrogen-bond acceptors (Lipinski definition) is 8. The van der Waals surface area contributed by atoms with E-state index in [1.165, 1.54) is 12.1 Å². The molecule has 4 rings (SSSR count). The number of carboxylic acids is 1. The fourth-order valence-corrected chi connectivity index (χ4v) is 4.34. The second kappa shape index (κ2) is 8.99. The lowest BCUT2D eigenvalue weighted by Crippen LogP contribution is -2.63. The van der Waals surface area contributed by atoms with Crippen LogP contribution in [-0.4, -0.2) is 71.8 Å². The molecule has 1 aromatic rings. The summed E-state index contributed by atoms with van der Waals surface area (Å²) in [7, 11) is 0. The third-order valence-corrected chi connectivity index (χ3v) is 5.77. The molecule has 12 heteroatoms. The number of aromatic nitrogens is 1. The van der Waals surface area contributed by atoms with E-state index in [-0.39, 0.29) is 25.5 Å². The van der Waals surface area contributed by atoms with Crippen molar-refractivity contribution in [1.29, 1.82) is 0 Å². The number of nitrogens with zero attached hydrogens (tertiary/aromatic N) is 1. The Hall–Kier alpha value is -1.99. The van der Waals surface area contributed by atoms with Gasteiger partial charge in [0.05, 0.1) is 13.2 Å². The van der Waals surface area contributed by atoms with Gasteiger partial charge in [0.15, 0.2) is 12.1 Å². The van der Waals surface area contributed by atoms with E-state index in [0.29, 0.717) is 19.4 Å². The maximum absolute atomic E-state index is 13.1. The molecule has 3 aliphatic heterocycles. The molecule has 3 saturated heterocycles.